The number of aliphatic hydroxyl groups excluding tert-OH is 1. The Morgan fingerprint density at radius 3 is 2.25 bits per heavy atom. The van der Waals surface area contributed by atoms with Crippen molar-refractivity contribution in [3.63, 3.8) is 0 Å². The van der Waals surface area contributed by atoms with Crippen LogP contribution in [0.15, 0.2) is 54.9 Å². The summed E-state index contributed by atoms with van der Waals surface area (Å²) in [6.45, 7) is 0.748. The Morgan fingerprint density at radius 1 is 0.964 bits per heavy atom. The topological polar surface area (TPSA) is 102 Å². The lowest BCUT2D eigenvalue weighted by Gasteiger charge is -2.12. The van der Waals surface area contributed by atoms with Gasteiger partial charge in [0.2, 0.25) is 0 Å². The molecular weight excluding hydrogens is 372 g/mol. The highest BCUT2D eigenvalue weighted by atomic mass is 32.1. The van der Waals surface area contributed by atoms with Crippen LogP contribution in [0.2, 0.25) is 0 Å². The number of benzene rings is 1. The van der Waals surface area contributed by atoms with Crippen LogP contribution >= 0.6 is 12.2 Å². The molecule has 0 fully saturated rings. The van der Waals surface area contributed by atoms with Crippen LogP contribution in [0, 0.1) is 0 Å². The first kappa shape index (κ1) is 18.1. The summed E-state index contributed by atoms with van der Waals surface area (Å²) in [5.74, 6) is 0. The first-order valence-electron chi connectivity index (χ1n) is 8.99. The predicted octanol–water partition coefficient (Wildman–Crippen LogP) is 3.29. The van der Waals surface area contributed by atoms with Gasteiger partial charge in [-0.3, -0.25) is 0 Å². The molecule has 4 aromatic rings. The first-order valence-corrected chi connectivity index (χ1v) is 9.40. The highest BCUT2D eigenvalue weighted by Crippen LogP contribution is 2.29. The van der Waals surface area contributed by atoms with Gasteiger partial charge in [-0.2, -0.15) is 0 Å². The van der Waals surface area contributed by atoms with Crippen molar-refractivity contribution in [2.24, 2.45) is 0 Å². The zero-order chi connectivity index (χ0) is 19.3. The van der Waals surface area contributed by atoms with Crippen molar-refractivity contribution >= 4 is 34.1 Å². The molecule has 0 amide bonds. The summed E-state index contributed by atoms with van der Waals surface area (Å²) in [6, 6.07) is 13.6. The van der Waals surface area contributed by atoms with Gasteiger partial charge >= 0.3 is 0 Å². The summed E-state index contributed by atoms with van der Waals surface area (Å²) < 4.78 is 0. The highest BCUT2D eigenvalue weighted by molar-refractivity contribution is 7.80. The van der Waals surface area contributed by atoms with E-state index >= 15 is 0 Å². The molecule has 1 aromatic carbocycles. The Labute approximate surface area is 167 Å². The number of hydrogen-bond acceptors (Lipinski definition) is 4. The molecule has 0 aliphatic rings. The van der Waals surface area contributed by atoms with Gasteiger partial charge in [-0.15, -0.1) is 0 Å². The third-order valence-corrected chi connectivity index (χ3v) is 4.50. The van der Waals surface area contributed by atoms with E-state index in [9.17, 15) is 0 Å². The molecular formula is C20H20N6OS. The molecule has 0 spiro atoms. The number of nitrogens with one attached hydrogen (secondary N) is 4. The van der Waals surface area contributed by atoms with Gasteiger partial charge in [-0.1, -0.05) is 0 Å². The highest BCUT2D eigenvalue weighted by Gasteiger charge is 2.14. The summed E-state index contributed by atoms with van der Waals surface area (Å²) >= 11 is 5.29. The summed E-state index contributed by atoms with van der Waals surface area (Å²) in [7, 11) is 0. The molecule has 0 saturated carbocycles. The van der Waals surface area contributed by atoms with E-state index in [1.807, 2.05) is 54.9 Å². The number of fused-ring (bicyclic) bond motifs is 1. The molecule has 28 heavy (non-hydrogen) atoms. The standard InChI is InChI=1S/C20H20N6OS/c27-11-3-10-23-20(28)24-13-6-7-14-17(12-13)26-19(16-5-2-9-22-16)18(25-14)15-4-1-8-21-15/h1-2,4-9,12,21-22,27H,3,10-11H2,(H2,23,24,28). The number of rotatable bonds is 6. The molecule has 0 unspecified atom stereocenters. The van der Waals surface area contributed by atoms with E-state index in [1.54, 1.807) is 0 Å². The quantitative estimate of drug-likeness (QED) is 0.255. The maximum atomic E-state index is 8.86. The zero-order valence-electron chi connectivity index (χ0n) is 15.1. The summed E-state index contributed by atoms with van der Waals surface area (Å²) in [6.07, 6.45) is 4.39. The second-order valence-corrected chi connectivity index (χ2v) is 6.66. The molecule has 142 valence electrons. The van der Waals surface area contributed by atoms with Gasteiger partial charge in [-0.25, -0.2) is 9.97 Å². The smallest absolute Gasteiger partial charge is 0.170 e. The van der Waals surface area contributed by atoms with E-state index in [0.717, 1.165) is 39.5 Å². The summed E-state index contributed by atoms with van der Waals surface area (Å²) in [5.41, 5.74) is 5.78. The number of aromatic amines is 2. The molecule has 0 aliphatic heterocycles. The Kier molecular flexibility index (Phi) is 5.31. The molecule has 0 aliphatic carbocycles. The van der Waals surface area contributed by atoms with E-state index in [-0.39, 0.29) is 6.61 Å². The van der Waals surface area contributed by atoms with Gasteiger partial charge in [0, 0.05) is 31.2 Å². The van der Waals surface area contributed by atoms with Crippen molar-refractivity contribution in [3.05, 3.63) is 54.9 Å². The molecule has 0 bridgehead atoms. The number of aromatic nitrogens is 4. The third-order valence-electron chi connectivity index (χ3n) is 4.25. The van der Waals surface area contributed by atoms with Crippen molar-refractivity contribution in [1.29, 1.82) is 0 Å². The second kappa shape index (κ2) is 8.20. The molecule has 3 aromatic heterocycles. The summed E-state index contributed by atoms with van der Waals surface area (Å²) in [4.78, 5) is 16.1. The monoisotopic (exact) mass is 392 g/mol. The molecule has 7 nitrogen and oxygen atoms in total. The number of nitrogens with zero attached hydrogens (tertiary/aromatic N) is 2. The molecule has 3 heterocycles. The number of H-pyrrole nitrogens is 2. The Balaban J connectivity index is 1.69. The maximum Gasteiger partial charge on any atom is 0.170 e. The predicted molar refractivity (Wildman–Crippen MR) is 115 cm³/mol. The fourth-order valence-electron chi connectivity index (χ4n) is 2.92. The van der Waals surface area contributed by atoms with Crippen LogP contribution < -0.4 is 10.6 Å². The van der Waals surface area contributed by atoms with Crippen LogP contribution in [0.5, 0.6) is 0 Å². The minimum absolute atomic E-state index is 0.131. The summed E-state index contributed by atoms with van der Waals surface area (Å²) in [5, 5.41) is 15.6. The Morgan fingerprint density at radius 2 is 1.64 bits per heavy atom. The van der Waals surface area contributed by atoms with Crippen LogP contribution in [0.25, 0.3) is 33.8 Å². The van der Waals surface area contributed by atoms with Crippen LogP contribution in [-0.4, -0.2) is 43.3 Å². The largest absolute Gasteiger partial charge is 0.396 e. The fourth-order valence-corrected chi connectivity index (χ4v) is 3.14. The molecule has 4 rings (SSSR count). The molecule has 5 N–H and O–H groups in total. The molecule has 0 atom stereocenters. The van der Waals surface area contributed by atoms with Crippen LogP contribution in [-0.2, 0) is 0 Å². The van der Waals surface area contributed by atoms with Gasteiger partial charge in [0.05, 0.1) is 22.4 Å². The lowest BCUT2D eigenvalue weighted by Crippen LogP contribution is -2.29. The zero-order valence-corrected chi connectivity index (χ0v) is 15.9. The van der Waals surface area contributed by atoms with Gasteiger partial charge in [0.1, 0.15) is 11.4 Å². The van der Waals surface area contributed by atoms with E-state index in [4.69, 9.17) is 27.3 Å². The second-order valence-electron chi connectivity index (χ2n) is 6.25. The number of anilines is 1. The van der Waals surface area contributed by atoms with Crippen LogP contribution in [0.3, 0.4) is 0 Å². The lowest BCUT2D eigenvalue weighted by atomic mass is 10.1. The van der Waals surface area contributed by atoms with E-state index in [2.05, 4.69) is 20.6 Å². The lowest BCUT2D eigenvalue weighted by molar-refractivity contribution is 0.289. The van der Waals surface area contributed by atoms with E-state index in [0.29, 0.717) is 18.1 Å². The first-order chi connectivity index (χ1) is 13.7. The van der Waals surface area contributed by atoms with Gasteiger partial charge in [0.25, 0.3) is 0 Å². The van der Waals surface area contributed by atoms with Crippen molar-refractivity contribution in [2.75, 3.05) is 18.5 Å². The van der Waals surface area contributed by atoms with Crippen LogP contribution in [0.4, 0.5) is 5.69 Å². The minimum atomic E-state index is 0.131. The van der Waals surface area contributed by atoms with Gasteiger partial charge in [-0.05, 0) is 61.1 Å². The number of thiocarbonyl (C=S) groups is 1. The molecule has 8 heteroatoms. The molecule has 0 saturated heterocycles. The molecule has 0 radical (unpaired) electrons. The van der Waals surface area contributed by atoms with Crippen molar-refractivity contribution < 1.29 is 5.11 Å². The number of hydrogen-bond donors (Lipinski definition) is 5. The SMILES string of the molecule is OCCCNC(=S)Nc1ccc2nc(-c3ccc[nH]3)c(-c3ccc[nH]3)nc2c1. The average Bonchev–Trinajstić information content (AvgIpc) is 3.41. The van der Waals surface area contributed by atoms with Crippen molar-refractivity contribution in [3.8, 4) is 22.8 Å². The number of aliphatic hydroxyl groups is 1. The Bertz CT molecular complexity index is 1080. The maximum absolute atomic E-state index is 8.86. The van der Waals surface area contributed by atoms with Gasteiger partial charge < -0.3 is 25.7 Å². The third kappa shape index (κ3) is 3.88. The fraction of sp³-hybridized carbons (Fsp3) is 0.150. The average molecular weight is 392 g/mol. The van der Waals surface area contributed by atoms with Gasteiger partial charge in [0.15, 0.2) is 5.11 Å². The minimum Gasteiger partial charge on any atom is -0.396 e. The normalized spacial score (nSPS) is 10.9. The van der Waals surface area contributed by atoms with E-state index < -0.39 is 0 Å². The van der Waals surface area contributed by atoms with E-state index in [1.165, 1.54) is 0 Å². The van der Waals surface area contributed by atoms with Crippen LogP contribution in [0.1, 0.15) is 6.42 Å². The van der Waals surface area contributed by atoms with Crippen molar-refractivity contribution in [1.82, 2.24) is 25.3 Å². The Hall–Kier alpha value is -3.23. The van der Waals surface area contributed by atoms with Crippen molar-refractivity contribution in [2.45, 2.75) is 6.42 Å².